The zero-order chi connectivity index (χ0) is 24.8. The summed E-state index contributed by atoms with van der Waals surface area (Å²) in [5, 5.41) is 6.52. The summed E-state index contributed by atoms with van der Waals surface area (Å²) in [5.74, 6) is 0.0434. The second-order valence-electron chi connectivity index (χ2n) is 8.80. The predicted octanol–water partition coefficient (Wildman–Crippen LogP) is 2.02. The molecule has 1 aliphatic carbocycles. The van der Waals surface area contributed by atoms with Gasteiger partial charge in [-0.05, 0) is 49.2 Å². The van der Waals surface area contributed by atoms with Gasteiger partial charge in [0.25, 0.3) is 20.0 Å². The summed E-state index contributed by atoms with van der Waals surface area (Å²) in [4.78, 5) is 12.0. The van der Waals surface area contributed by atoms with E-state index >= 15 is 0 Å². The minimum Gasteiger partial charge on any atom is -0.354 e. The van der Waals surface area contributed by atoms with Crippen molar-refractivity contribution >= 4 is 48.5 Å². The molecule has 2 aliphatic rings. The number of benzene rings is 2. The van der Waals surface area contributed by atoms with Gasteiger partial charge in [-0.1, -0.05) is 29.8 Å². The molecule has 35 heavy (non-hydrogen) atoms. The second kappa shape index (κ2) is 9.21. The van der Waals surface area contributed by atoms with Gasteiger partial charge in [-0.25, -0.2) is 20.8 Å². The van der Waals surface area contributed by atoms with E-state index in [1.807, 2.05) is 0 Å². The van der Waals surface area contributed by atoms with E-state index in [4.69, 9.17) is 11.6 Å². The van der Waals surface area contributed by atoms with Crippen molar-refractivity contribution in [2.45, 2.75) is 28.8 Å². The van der Waals surface area contributed by atoms with Crippen molar-refractivity contribution in [3.63, 3.8) is 0 Å². The summed E-state index contributed by atoms with van der Waals surface area (Å²) < 4.78 is 57.1. The number of carbonyl (C=O) groups excluding carboxylic acids is 1. The topological polar surface area (TPSA) is 118 Å². The van der Waals surface area contributed by atoms with E-state index in [1.165, 1.54) is 34.6 Å². The Morgan fingerprint density at radius 1 is 1.03 bits per heavy atom. The molecule has 9 nitrogen and oxygen atoms in total. The molecule has 1 saturated heterocycles. The fourth-order valence-electron chi connectivity index (χ4n) is 4.26. The van der Waals surface area contributed by atoms with Gasteiger partial charge in [0.2, 0.25) is 5.91 Å². The van der Waals surface area contributed by atoms with Gasteiger partial charge in [0.05, 0.1) is 10.4 Å². The van der Waals surface area contributed by atoms with E-state index in [0.29, 0.717) is 23.5 Å². The van der Waals surface area contributed by atoms with E-state index in [0.717, 1.165) is 16.8 Å². The number of amides is 1. The van der Waals surface area contributed by atoms with Crippen molar-refractivity contribution in [1.82, 2.24) is 18.9 Å². The second-order valence-corrected chi connectivity index (χ2v) is 12.9. The maximum atomic E-state index is 13.8. The van der Waals surface area contributed by atoms with E-state index in [1.54, 1.807) is 24.3 Å². The summed E-state index contributed by atoms with van der Waals surface area (Å²) in [6.45, 7) is 0.937. The quantitative estimate of drug-likeness (QED) is 0.477. The summed E-state index contributed by atoms with van der Waals surface area (Å²) in [6.07, 6.45) is 1.77. The Morgan fingerprint density at radius 2 is 1.77 bits per heavy atom. The highest BCUT2D eigenvalue weighted by Crippen LogP contribution is 2.32. The molecule has 1 aromatic heterocycles. The van der Waals surface area contributed by atoms with Crippen molar-refractivity contribution < 1.29 is 21.6 Å². The van der Waals surface area contributed by atoms with Gasteiger partial charge in [-0.3, -0.25) is 4.79 Å². The average molecular weight is 537 g/mol. The maximum Gasteiger partial charge on any atom is 0.269 e. The minimum absolute atomic E-state index is 0.0160. The van der Waals surface area contributed by atoms with Crippen LogP contribution >= 0.6 is 11.6 Å². The molecule has 0 radical (unpaired) electrons. The van der Waals surface area contributed by atoms with E-state index in [2.05, 4.69) is 10.6 Å². The number of nitrogens with zero attached hydrogens (tertiary/aromatic N) is 2. The normalized spacial score (nSPS) is 19.6. The summed E-state index contributed by atoms with van der Waals surface area (Å²) in [5.41, 5.74) is 0.222. The Kier molecular flexibility index (Phi) is 6.39. The van der Waals surface area contributed by atoms with E-state index < -0.39 is 20.0 Å². The fraction of sp³-hybridized carbons (Fsp3) is 0.348. The van der Waals surface area contributed by atoms with Crippen molar-refractivity contribution in [2.24, 2.45) is 5.92 Å². The molecule has 1 amide bonds. The molecule has 0 bridgehead atoms. The van der Waals surface area contributed by atoms with Crippen molar-refractivity contribution in [1.29, 1.82) is 0 Å². The molecule has 1 aliphatic heterocycles. The standard InChI is InChI=1S/C23H25ClN4O5S2/c24-18-8-9-21-17(12-18)13-22(28(21)34(30,31)20-4-2-1-3-5-20)35(32,33)27-11-10-25-19(15-27)14-26-23(29)16-6-7-16/h1-5,8-9,12-13,16,19,25H,6-7,10-11,14-15H2,(H,26,29). The molecule has 1 atom stereocenters. The van der Waals surface area contributed by atoms with Gasteiger partial charge >= 0.3 is 0 Å². The van der Waals surface area contributed by atoms with Crippen molar-refractivity contribution in [3.8, 4) is 0 Å². The number of aromatic nitrogens is 1. The lowest BCUT2D eigenvalue weighted by molar-refractivity contribution is -0.122. The molecule has 2 N–H and O–H groups in total. The number of hydrogen-bond donors (Lipinski definition) is 2. The Bertz CT molecular complexity index is 1480. The highest BCUT2D eigenvalue weighted by molar-refractivity contribution is 7.92. The monoisotopic (exact) mass is 536 g/mol. The number of piperazine rings is 1. The number of rotatable bonds is 7. The molecule has 186 valence electrons. The molecular weight excluding hydrogens is 512 g/mol. The van der Waals surface area contributed by atoms with Crippen LogP contribution < -0.4 is 10.6 Å². The van der Waals surface area contributed by atoms with Gasteiger partial charge < -0.3 is 10.6 Å². The summed E-state index contributed by atoms with van der Waals surface area (Å²) in [6, 6.07) is 13.3. The smallest absolute Gasteiger partial charge is 0.269 e. The lowest BCUT2D eigenvalue weighted by Gasteiger charge is -2.33. The number of nitrogens with one attached hydrogen (secondary N) is 2. The van der Waals surface area contributed by atoms with Gasteiger partial charge in [0.1, 0.15) is 0 Å². The summed E-state index contributed by atoms with van der Waals surface area (Å²) in [7, 11) is -8.44. The molecule has 5 rings (SSSR count). The van der Waals surface area contributed by atoms with Crippen LogP contribution in [0.2, 0.25) is 5.02 Å². The van der Waals surface area contributed by atoms with Crippen LogP contribution in [0.25, 0.3) is 10.9 Å². The van der Waals surface area contributed by atoms with Crippen LogP contribution in [-0.4, -0.2) is 63.2 Å². The highest BCUT2D eigenvalue weighted by Gasteiger charge is 2.37. The zero-order valence-electron chi connectivity index (χ0n) is 18.7. The molecule has 12 heteroatoms. The lowest BCUT2D eigenvalue weighted by Crippen LogP contribution is -2.56. The first kappa shape index (κ1) is 24.3. The van der Waals surface area contributed by atoms with Crippen molar-refractivity contribution in [2.75, 3.05) is 26.2 Å². The maximum absolute atomic E-state index is 13.8. The van der Waals surface area contributed by atoms with Crippen LogP contribution in [0.3, 0.4) is 0 Å². The molecule has 1 unspecified atom stereocenters. The Morgan fingerprint density at radius 3 is 2.49 bits per heavy atom. The predicted molar refractivity (Wildman–Crippen MR) is 132 cm³/mol. The number of carbonyl (C=O) groups is 1. The number of sulfonamides is 1. The van der Waals surface area contributed by atoms with Crippen LogP contribution in [0.1, 0.15) is 12.8 Å². The van der Waals surface area contributed by atoms with Gasteiger partial charge in [-0.15, -0.1) is 0 Å². The summed E-state index contributed by atoms with van der Waals surface area (Å²) >= 11 is 6.12. The Balaban J connectivity index is 1.53. The SMILES string of the molecule is O=C(NCC1CN(S(=O)(=O)c2cc3cc(Cl)ccc3n2S(=O)(=O)c2ccccc2)CCN1)C1CC1. The molecule has 0 spiro atoms. The van der Waals surface area contributed by atoms with Crippen LogP contribution in [0.5, 0.6) is 0 Å². The average Bonchev–Trinajstić information content (AvgIpc) is 3.63. The fourth-order valence-corrected chi connectivity index (χ4v) is 8.00. The highest BCUT2D eigenvalue weighted by atomic mass is 35.5. The first-order chi connectivity index (χ1) is 16.7. The van der Waals surface area contributed by atoms with Crippen LogP contribution in [0.4, 0.5) is 0 Å². The Labute approximate surface area is 209 Å². The molecule has 2 aromatic carbocycles. The molecule has 1 saturated carbocycles. The first-order valence-electron chi connectivity index (χ1n) is 11.3. The van der Waals surface area contributed by atoms with E-state index in [-0.39, 0.29) is 46.4 Å². The van der Waals surface area contributed by atoms with Crippen LogP contribution in [-0.2, 0) is 24.8 Å². The third kappa shape index (κ3) is 4.70. The largest absolute Gasteiger partial charge is 0.354 e. The third-order valence-corrected chi connectivity index (χ3v) is 10.2. The molecular formula is C23H25ClN4O5S2. The molecule has 2 fully saturated rings. The number of halogens is 1. The van der Waals surface area contributed by atoms with Gasteiger partial charge in [0.15, 0.2) is 5.03 Å². The number of fused-ring (bicyclic) bond motifs is 1. The van der Waals surface area contributed by atoms with Crippen molar-refractivity contribution in [3.05, 3.63) is 59.6 Å². The first-order valence-corrected chi connectivity index (χ1v) is 14.6. The van der Waals surface area contributed by atoms with Gasteiger partial charge in [-0.2, -0.15) is 4.31 Å². The Hall–Kier alpha value is -2.44. The number of hydrogen-bond acceptors (Lipinski definition) is 6. The van der Waals surface area contributed by atoms with Gasteiger partial charge in [0, 0.05) is 48.5 Å². The minimum atomic E-state index is -4.23. The molecule has 2 heterocycles. The third-order valence-electron chi connectivity index (χ3n) is 6.26. The lowest BCUT2D eigenvalue weighted by atomic mass is 10.2. The van der Waals surface area contributed by atoms with E-state index in [9.17, 15) is 21.6 Å². The van der Waals surface area contributed by atoms with Crippen LogP contribution in [0, 0.1) is 5.92 Å². The van der Waals surface area contributed by atoms with Crippen LogP contribution in [0.15, 0.2) is 64.5 Å². The zero-order valence-corrected chi connectivity index (χ0v) is 21.1. The molecule has 3 aromatic rings.